The van der Waals surface area contributed by atoms with E-state index in [0.29, 0.717) is 11.8 Å². The second kappa shape index (κ2) is 4.41. The molecule has 1 saturated carbocycles. The van der Waals surface area contributed by atoms with E-state index in [0.717, 1.165) is 16.8 Å². The number of hydrogen-bond acceptors (Lipinski definition) is 3. The molecule has 1 aliphatic rings. The first-order chi connectivity index (χ1) is 8.79. The maximum Gasteiger partial charge on any atom is 0.224 e. The summed E-state index contributed by atoms with van der Waals surface area (Å²) in [7, 11) is 1.66. The van der Waals surface area contributed by atoms with Gasteiger partial charge in [-0.25, -0.2) is 9.97 Å². The third-order valence-corrected chi connectivity index (χ3v) is 3.34. The molecule has 0 unspecified atom stereocenters. The summed E-state index contributed by atoms with van der Waals surface area (Å²) >= 11 is 0. The van der Waals surface area contributed by atoms with Crippen LogP contribution >= 0.6 is 0 Å². The zero-order valence-electron chi connectivity index (χ0n) is 10.7. The summed E-state index contributed by atoms with van der Waals surface area (Å²) in [5.41, 5.74) is 4.58. The maximum atomic E-state index is 5.40. The van der Waals surface area contributed by atoms with Crippen molar-refractivity contribution >= 4 is 0 Å². The fraction of sp³-hybridized carbons (Fsp3) is 0.333. The Hall–Kier alpha value is -1.90. The molecule has 0 N–H and O–H groups in total. The summed E-state index contributed by atoms with van der Waals surface area (Å²) in [6.45, 7) is 2.09. The highest BCUT2D eigenvalue weighted by molar-refractivity contribution is 5.72. The Morgan fingerprint density at radius 1 is 1.11 bits per heavy atom. The van der Waals surface area contributed by atoms with Gasteiger partial charge in [0.2, 0.25) is 5.88 Å². The molecule has 1 aromatic carbocycles. The SMILES string of the molecule is COc1ncnc(C2CC2)c1-c1ccc(C)cc1. The summed E-state index contributed by atoms with van der Waals surface area (Å²) in [5.74, 6) is 1.26. The standard InChI is InChI=1S/C15H16N2O/c1-10-3-5-11(6-4-10)13-14(12-7-8-12)16-9-17-15(13)18-2/h3-6,9,12H,7-8H2,1-2H3. The van der Waals surface area contributed by atoms with Crippen LogP contribution in [-0.2, 0) is 0 Å². The molecule has 3 rings (SSSR count). The molecule has 0 atom stereocenters. The van der Waals surface area contributed by atoms with Crippen molar-refractivity contribution in [1.82, 2.24) is 9.97 Å². The summed E-state index contributed by atoms with van der Waals surface area (Å²) in [6.07, 6.45) is 4.04. The number of ether oxygens (including phenoxy) is 1. The van der Waals surface area contributed by atoms with Crippen molar-refractivity contribution in [2.45, 2.75) is 25.7 Å². The van der Waals surface area contributed by atoms with Crippen molar-refractivity contribution < 1.29 is 4.74 Å². The predicted octanol–water partition coefficient (Wildman–Crippen LogP) is 3.34. The lowest BCUT2D eigenvalue weighted by molar-refractivity contribution is 0.398. The molecule has 1 heterocycles. The van der Waals surface area contributed by atoms with Gasteiger partial charge < -0.3 is 4.74 Å². The van der Waals surface area contributed by atoms with Crippen LogP contribution in [0.1, 0.15) is 30.0 Å². The van der Waals surface area contributed by atoms with Crippen molar-refractivity contribution in [3.63, 3.8) is 0 Å². The zero-order valence-corrected chi connectivity index (χ0v) is 10.7. The van der Waals surface area contributed by atoms with E-state index in [-0.39, 0.29) is 0 Å². The first-order valence-electron chi connectivity index (χ1n) is 6.25. The molecule has 0 bridgehead atoms. The van der Waals surface area contributed by atoms with Crippen LogP contribution in [-0.4, -0.2) is 17.1 Å². The van der Waals surface area contributed by atoms with E-state index in [1.54, 1.807) is 13.4 Å². The van der Waals surface area contributed by atoms with E-state index in [4.69, 9.17) is 4.74 Å². The predicted molar refractivity (Wildman–Crippen MR) is 70.7 cm³/mol. The lowest BCUT2D eigenvalue weighted by atomic mass is 10.0. The summed E-state index contributed by atoms with van der Waals surface area (Å²) < 4.78 is 5.40. The van der Waals surface area contributed by atoms with Crippen molar-refractivity contribution in [3.05, 3.63) is 41.9 Å². The fourth-order valence-corrected chi connectivity index (χ4v) is 2.19. The summed E-state index contributed by atoms with van der Waals surface area (Å²) in [5, 5.41) is 0. The average Bonchev–Trinajstić information content (AvgIpc) is 3.23. The van der Waals surface area contributed by atoms with Gasteiger partial charge in [-0.05, 0) is 25.3 Å². The smallest absolute Gasteiger partial charge is 0.224 e. The number of hydrogen-bond donors (Lipinski definition) is 0. The molecule has 0 amide bonds. The normalized spacial score (nSPS) is 14.6. The van der Waals surface area contributed by atoms with Gasteiger partial charge in [0.25, 0.3) is 0 Å². The Kier molecular flexibility index (Phi) is 2.74. The number of benzene rings is 1. The number of aromatic nitrogens is 2. The zero-order chi connectivity index (χ0) is 12.5. The molecule has 3 heteroatoms. The molecule has 0 radical (unpaired) electrons. The van der Waals surface area contributed by atoms with E-state index in [1.165, 1.54) is 18.4 Å². The molecule has 0 aliphatic heterocycles. The Bertz CT molecular complexity index is 559. The molecule has 92 valence electrons. The van der Waals surface area contributed by atoms with Gasteiger partial charge in [0.1, 0.15) is 6.33 Å². The first kappa shape index (κ1) is 11.2. The van der Waals surface area contributed by atoms with Crippen LogP contribution in [0.5, 0.6) is 5.88 Å². The minimum atomic E-state index is 0.582. The van der Waals surface area contributed by atoms with Gasteiger partial charge in [0, 0.05) is 5.92 Å². The van der Waals surface area contributed by atoms with Crippen LogP contribution in [0.3, 0.4) is 0 Å². The Morgan fingerprint density at radius 2 is 1.83 bits per heavy atom. The number of rotatable bonds is 3. The van der Waals surface area contributed by atoms with Crippen molar-refractivity contribution in [2.24, 2.45) is 0 Å². The highest BCUT2D eigenvalue weighted by atomic mass is 16.5. The lowest BCUT2D eigenvalue weighted by Gasteiger charge is -2.11. The molecule has 1 aromatic heterocycles. The number of aryl methyl sites for hydroxylation is 1. The van der Waals surface area contributed by atoms with E-state index >= 15 is 0 Å². The first-order valence-corrected chi connectivity index (χ1v) is 6.25. The second-order valence-electron chi connectivity index (χ2n) is 4.78. The quantitative estimate of drug-likeness (QED) is 0.825. The molecule has 0 saturated heterocycles. The van der Waals surface area contributed by atoms with E-state index in [1.807, 2.05) is 0 Å². The van der Waals surface area contributed by atoms with Crippen LogP contribution in [0.2, 0.25) is 0 Å². The largest absolute Gasteiger partial charge is 0.480 e. The van der Waals surface area contributed by atoms with Gasteiger partial charge in [-0.1, -0.05) is 29.8 Å². The van der Waals surface area contributed by atoms with Crippen LogP contribution in [0.25, 0.3) is 11.1 Å². The highest BCUT2D eigenvalue weighted by Gasteiger charge is 2.30. The molecule has 2 aromatic rings. The molecular formula is C15H16N2O. The van der Waals surface area contributed by atoms with Crippen molar-refractivity contribution in [3.8, 4) is 17.0 Å². The Labute approximate surface area is 107 Å². The van der Waals surface area contributed by atoms with Crippen LogP contribution in [0.15, 0.2) is 30.6 Å². The van der Waals surface area contributed by atoms with E-state index in [9.17, 15) is 0 Å². The number of nitrogens with zero attached hydrogens (tertiary/aromatic N) is 2. The van der Waals surface area contributed by atoms with Gasteiger partial charge in [-0.15, -0.1) is 0 Å². The Balaban J connectivity index is 2.16. The fourth-order valence-electron chi connectivity index (χ4n) is 2.19. The molecule has 3 nitrogen and oxygen atoms in total. The maximum absolute atomic E-state index is 5.40. The van der Waals surface area contributed by atoms with Gasteiger partial charge in [0.05, 0.1) is 18.4 Å². The van der Waals surface area contributed by atoms with E-state index in [2.05, 4.69) is 41.2 Å². The topological polar surface area (TPSA) is 35.0 Å². The van der Waals surface area contributed by atoms with Crippen molar-refractivity contribution in [2.75, 3.05) is 7.11 Å². The van der Waals surface area contributed by atoms with Gasteiger partial charge in [-0.2, -0.15) is 0 Å². The molecule has 18 heavy (non-hydrogen) atoms. The van der Waals surface area contributed by atoms with Gasteiger partial charge in [-0.3, -0.25) is 0 Å². The molecule has 1 fully saturated rings. The average molecular weight is 240 g/mol. The number of methoxy groups -OCH3 is 1. The van der Waals surface area contributed by atoms with E-state index < -0.39 is 0 Å². The van der Waals surface area contributed by atoms with Crippen molar-refractivity contribution in [1.29, 1.82) is 0 Å². The minimum absolute atomic E-state index is 0.582. The van der Waals surface area contributed by atoms with Crippen LogP contribution in [0, 0.1) is 6.92 Å². The molecule has 1 aliphatic carbocycles. The summed E-state index contributed by atoms with van der Waals surface area (Å²) in [6, 6.07) is 8.45. The van der Waals surface area contributed by atoms with Gasteiger partial charge >= 0.3 is 0 Å². The third kappa shape index (κ3) is 1.96. The molecular weight excluding hydrogens is 224 g/mol. The Morgan fingerprint density at radius 3 is 2.44 bits per heavy atom. The highest BCUT2D eigenvalue weighted by Crippen LogP contribution is 2.45. The summed E-state index contributed by atoms with van der Waals surface area (Å²) in [4.78, 5) is 8.69. The van der Waals surface area contributed by atoms with Crippen LogP contribution in [0.4, 0.5) is 0 Å². The van der Waals surface area contributed by atoms with Gasteiger partial charge in [0.15, 0.2) is 0 Å². The second-order valence-corrected chi connectivity index (χ2v) is 4.78. The van der Waals surface area contributed by atoms with Crippen LogP contribution < -0.4 is 4.74 Å². The lowest BCUT2D eigenvalue weighted by Crippen LogP contribution is -1.99. The molecule has 0 spiro atoms. The third-order valence-electron chi connectivity index (χ3n) is 3.34. The monoisotopic (exact) mass is 240 g/mol. The minimum Gasteiger partial charge on any atom is -0.480 e.